The van der Waals surface area contributed by atoms with Crippen LogP contribution in [0.4, 0.5) is 0 Å². The molecule has 0 N–H and O–H groups in total. The van der Waals surface area contributed by atoms with Gasteiger partial charge < -0.3 is 33.2 Å². The van der Waals surface area contributed by atoms with Crippen molar-refractivity contribution in [2.24, 2.45) is 0 Å². The van der Waals surface area contributed by atoms with Gasteiger partial charge in [-0.1, -0.05) is 97.1 Å². The van der Waals surface area contributed by atoms with E-state index >= 15 is 0 Å². The number of rotatable bonds is 22. The maximum absolute atomic E-state index is 7.80. The smallest absolute Gasteiger partial charge is 0.178 e. The van der Waals surface area contributed by atoms with Crippen molar-refractivity contribution < 1.29 is 33.2 Å². The van der Waals surface area contributed by atoms with Crippen molar-refractivity contribution in [2.75, 3.05) is 54.9 Å². The Balaban J connectivity index is 1.50. The number of aryl methyl sites for hydroxylation is 4. The largest absolute Gasteiger partial charge is 0.453 e. The third kappa shape index (κ3) is 9.68. The first-order valence-corrected chi connectivity index (χ1v) is 22.2. The van der Waals surface area contributed by atoms with Gasteiger partial charge in [0.2, 0.25) is 0 Å². The molecule has 0 aliphatic carbocycles. The molecule has 8 aromatic carbocycles. The molecule has 63 heavy (non-hydrogen) atoms. The van der Waals surface area contributed by atoms with E-state index in [9.17, 15) is 0 Å². The van der Waals surface area contributed by atoms with E-state index in [1.165, 1.54) is 43.8 Å². The molecule has 0 bridgehead atoms. The number of benzene rings is 8. The zero-order valence-corrected chi connectivity index (χ0v) is 37.0. The number of fused-ring (bicyclic) bond motifs is 4. The van der Waals surface area contributed by atoms with Crippen LogP contribution in [0.15, 0.2) is 133 Å². The van der Waals surface area contributed by atoms with Crippen LogP contribution in [0, 0.1) is 0 Å². The highest BCUT2D eigenvalue weighted by molar-refractivity contribution is 6.11. The van der Waals surface area contributed by atoms with Gasteiger partial charge in [0.15, 0.2) is 23.0 Å². The highest BCUT2D eigenvalue weighted by Crippen LogP contribution is 2.52. The lowest BCUT2D eigenvalue weighted by molar-refractivity contribution is 0.195. The fourth-order valence-corrected chi connectivity index (χ4v) is 9.14. The van der Waals surface area contributed by atoms with Gasteiger partial charge in [-0.05, 0) is 142 Å². The minimum atomic E-state index is 0.615. The molecule has 8 rings (SSSR count). The Morgan fingerprint density at radius 1 is 0.302 bits per heavy atom. The van der Waals surface area contributed by atoms with E-state index in [0.29, 0.717) is 60.9 Å². The SMILES string of the molecule is COCCCc1c2ccccc2c(CCCOC)c2c(Oc3c(Oc4ccccc4)ccc4c(CCCOC)c5ccccc5c(CCCOC)c34)c(Oc3ccccc3)ccc12. The van der Waals surface area contributed by atoms with Crippen LogP contribution in [0.5, 0.6) is 34.5 Å². The minimum Gasteiger partial charge on any atom is -0.453 e. The van der Waals surface area contributed by atoms with Gasteiger partial charge in [-0.3, -0.25) is 0 Å². The zero-order chi connectivity index (χ0) is 43.4. The summed E-state index contributed by atoms with van der Waals surface area (Å²) in [5.74, 6) is 3.95. The van der Waals surface area contributed by atoms with Gasteiger partial charge in [0.1, 0.15) is 11.5 Å². The first-order chi connectivity index (χ1) is 31.1. The van der Waals surface area contributed by atoms with Gasteiger partial charge >= 0.3 is 0 Å². The average Bonchev–Trinajstić information content (AvgIpc) is 3.32. The second-order valence-electron chi connectivity index (χ2n) is 16.0. The number of ether oxygens (including phenoxy) is 7. The Hall–Kier alpha value is -5.96. The van der Waals surface area contributed by atoms with Crippen LogP contribution in [-0.2, 0) is 44.6 Å². The summed E-state index contributed by atoms with van der Waals surface area (Å²) < 4.78 is 44.2. The van der Waals surface area contributed by atoms with Crippen molar-refractivity contribution in [3.63, 3.8) is 0 Å². The molecule has 0 aromatic heterocycles. The second kappa shape index (κ2) is 21.4. The Morgan fingerprint density at radius 3 is 0.968 bits per heavy atom. The summed E-state index contributed by atoms with van der Waals surface area (Å²) in [6, 6.07) is 46.1. The van der Waals surface area contributed by atoms with Crippen LogP contribution in [0.1, 0.15) is 47.9 Å². The fourth-order valence-electron chi connectivity index (χ4n) is 9.14. The summed E-state index contributed by atoms with van der Waals surface area (Å²) in [6.07, 6.45) is 6.62. The molecule has 324 valence electrons. The maximum atomic E-state index is 7.80. The molecule has 0 heterocycles. The van der Waals surface area contributed by atoms with Crippen molar-refractivity contribution in [1.82, 2.24) is 0 Å². The van der Waals surface area contributed by atoms with Crippen LogP contribution in [0.2, 0.25) is 0 Å². The van der Waals surface area contributed by atoms with Crippen LogP contribution in [-0.4, -0.2) is 54.9 Å². The molecule has 0 radical (unpaired) electrons. The topological polar surface area (TPSA) is 64.6 Å². The van der Waals surface area contributed by atoms with Gasteiger partial charge in [0.05, 0.1) is 0 Å². The molecule has 0 saturated carbocycles. The van der Waals surface area contributed by atoms with Gasteiger partial charge in [-0.15, -0.1) is 0 Å². The average molecular weight is 843 g/mol. The Kier molecular flexibility index (Phi) is 14.8. The van der Waals surface area contributed by atoms with E-state index in [-0.39, 0.29) is 0 Å². The van der Waals surface area contributed by atoms with Crippen molar-refractivity contribution >= 4 is 43.1 Å². The van der Waals surface area contributed by atoms with Crippen molar-refractivity contribution in [3.8, 4) is 34.5 Å². The molecular formula is C56H58O7. The minimum absolute atomic E-state index is 0.615. The molecule has 0 fully saturated rings. The molecule has 8 aromatic rings. The molecule has 7 nitrogen and oxygen atoms in total. The Bertz CT molecular complexity index is 2570. The molecule has 0 aliphatic heterocycles. The molecule has 0 saturated heterocycles. The van der Waals surface area contributed by atoms with E-state index in [0.717, 1.165) is 72.9 Å². The van der Waals surface area contributed by atoms with Crippen LogP contribution < -0.4 is 14.2 Å². The van der Waals surface area contributed by atoms with Crippen LogP contribution >= 0.6 is 0 Å². The maximum Gasteiger partial charge on any atom is 0.178 e. The number of methoxy groups -OCH3 is 4. The third-order valence-corrected chi connectivity index (χ3v) is 11.9. The van der Waals surface area contributed by atoms with E-state index < -0.39 is 0 Å². The van der Waals surface area contributed by atoms with Gasteiger partial charge in [0, 0.05) is 65.6 Å². The molecule has 7 heteroatoms. The van der Waals surface area contributed by atoms with Crippen LogP contribution in [0.3, 0.4) is 0 Å². The second-order valence-corrected chi connectivity index (χ2v) is 16.0. The summed E-state index contributed by atoms with van der Waals surface area (Å²) in [6.45, 7) is 2.58. The number of hydrogen-bond acceptors (Lipinski definition) is 7. The molecule has 0 spiro atoms. The monoisotopic (exact) mass is 842 g/mol. The first kappa shape index (κ1) is 43.7. The molecule has 0 aliphatic rings. The summed E-state index contributed by atoms with van der Waals surface area (Å²) in [7, 11) is 7.07. The van der Waals surface area contributed by atoms with Crippen molar-refractivity contribution in [1.29, 1.82) is 0 Å². The quantitative estimate of drug-likeness (QED) is 0.0497. The van der Waals surface area contributed by atoms with Crippen molar-refractivity contribution in [2.45, 2.75) is 51.4 Å². The van der Waals surface area contributed by atoms with Gasteiger partial charge in [-0.25, -0.2) is 0 Å². The van der Waals surface area contributed by atoms with E-state index in [2.05, 4.69) is 72.8 Å². The summed E-state index contributed by atoms with van der Waals surface area (Å²) >= 11 is 0. The summed E-state index contributed by atoms with van der Waals surface area (Å²) in [5, 5.41) is 9.17. The van der Waals surface area contributed by atoms with Crippen molar-refractivity contribution in [3.05, 3.63) is 156 Å². The van der Waals surface area contributed by atoms with E-state index in [4.69, 9.17) is 33.2 Å². The first-order valence-electron chi connectivity index (χ1n) is 22.2. The molecular weight excluding hydrogens is 785 g/mol. The summed E-state index contributed by atoms with van der Waals surface area (Å²) in [4.78, 5) is 0. The lowest BCUT2D eigenvalue weighted by Gasteiger charge is -2.25. The Morgan fingerprint density at radius 2 is 0.619 bits per heavy atom. The lowest BCUT2D eigenvalue weighted by atomic mass is 9.87. The third-order valence-electron chi connectivity index (χ3n) is 11.9. The van der Waals surface area contributed by atoms with Gasteiger partial charge in [0.25, 0.3) is 0 Å². The molecule has 0 amide bonds. The highest BCUT2D eigenvalue weighted by atomic mass is 16.5. The van der Waals surface area contributed by atoms with Crippen LogP contribution in [0.25, 0.3) is 43.1 Å². The lowest BCUT2D eigenvalue weighted by Crippen LogP contribution is -2.04. The zero-order valence-electron chi connectivity index (χ0n) is 37.0. The number of para-hydroxylation sites is 2. The predicted molar refractivity (Wildman–Crippen MR) is 257 cm³/mol. The normalized spacial score (nSPS) is 11.6. The molecule has 0 atom stereocenters. The van der Waals surface area contributed by atoms with E-state index in [1.807, 2.05) is 60.7 Å². The fraction of sp³-hybridized carbons (Fsp3) is 0.286. The van der Waals surface area contributed by atoms with Gasteiger partial charge in [-0.2, -0.15) is 0 Å². The van der Waals surface area contributed by atoms with E-state index in [1.54, 1.807) is 28.4 Å². The Labute approximate surface area is 371 Å². The molecule has 0 unspecified atom stereocenters. The standard InChI is InChI=1S/C56H58O7/c1-57-35-15-27-45-41-23-11-13-25-43(41)47(29-17-37-59-3)53-49(45)31-33-51(61-39-19-7-5-8-20-39)55(53)63-56-52(62-40-21-9-6-10-22-40)34-32-50-46(28-16-36-58-2)42-24-12-14-26-44(42)48(54(50)56)30-18-38-60-4/h5-14,19-26,31-34H,15-18,27-30,35-38H2,1-4H3. The summed E-state index contributed by atoms with van der Waals surface area (Å²) in [5.41, 5.74) is 4.90. The predicted octanol–water partition coefficient (Wildman–Crippen LogP) is 14.0. The highest BCUT2D eigenvalue weighted by Gasteiger charge is 2.26. The number of hydrogen-bond donors (Lipinski definition) is 0.